The first kappa shape index (κ1) is 17.3. The van der Waals surface area contributed by atoms with Gasteiger partial charge in [0.25, 0.3) is 5.56 Å². The van der Waals surface area contributed by atoms with Gasteiger partial charge in [0.1, 0.15) is 5.56 Å². The van der Waals surface area contributed by atoms with Crippen LogP contribution in [0, 0.1) is 17.2 Å². The molecule has 0 amide bonds. The van der Waals surface area contributed by atoms with E-state index in [1.165, 1.54) is 0 Å². The maximum absolute atomic E-state index is 12.8. The molecule has 2 rings (SSSR count). The van der Waals surface area contributed by atoms with E-state index in [0.29, 0.717) is 0 Å². The number of hydrogen-bond donors (Lipinski definition) is 1. The summed E-state index contributed by atoms with van der Waals surface area (Å²) in [5.41, 5.74) is -6.92. The summed E-state index contributed by atoms with van der Waals surface area (Å²) in [6.45, 7) is -0.739. The fraction of sp³-hybridized carbons (Fsp3) is 0.538. The van der Waals surface area contributed by atoms with Gasteiger partial charge < -0.3 is 9.67 Å². The number of aliphatic hydroxyl groups is 1. The molecule has 1 heterocycles. The van der Waals surface area contributed by atoms with Crippen molar-refractivity contribution in [3.8, 4) is 6.07 Å². The molecule has 10 heteroatoms. The predicted molar refractivity (Wildman–Crippen MR) is 64.0 cm³/mol. The van der Waals surface area contributed by atoms with E-state index in [1.54, 1.807) is 0 Å². The van der Waals surface area contributed by atoms with Gasteiger partial charge in [-0.25, -0.2) is 0 Å². The summed E-state index contributed by atoms with van der Waals surface area (Å²) >= 11 is 0. The van der Waals surface area contributed by atoms with E-state index in [1.807, 2.05) is 6.07 Å². The first-order valence-corrected chi connectivity index (χ1v) is 6.37. The lowest BCUT2D eigenvalue weighted by atomic mass is 9.71. The van der Waals surface area contributed by atoms with Gasteiger partial charge in [-0.05, 0) is 18.9 Å². The van der Waals surface area contributed by atoms with Crippen LogP contribution < -0.4 is 5.56 Å². The van der Waals surface area contributed by atoms with Crippen molar-refractivity contribution in [3.63, 3.8) is 0 Å². The number of aromatic nitrogens is 1. The number of rotatable bonds is 2. The lowest BCUT2D eigenvalue weighted by molar-refractivity contribution is -0.145. The maximum atomic E-state index is 12.8. The first-order valence-electron chi connectivity index (χ1n) is 6.37. The van der Waals surface area contributed by atoms with Crippen LogP contribution in [0.3, 0.4) is 0 Å². The lowest BCUT2D eigenvalue weighted by Crippen LogP contribution is -2.49. The highest BCUT2D eigenvalue weighted by molar-refractivity contribution is 5.24. The largest absolute Gasteiger partial charge is 0.421 e. The van der Waals surface area contributed by atoms with Crippen LogP contribution in [-0.4, -0.2) is 15.3 Å². The molecule has 1 aromatic heterocycles. The molecule has 0 aromatic carbocycles. The molecule has 0 bridgehead atoms. The van der Waals surface area contributed by atoms with Crippen LogP contribution in [0.1, 0.15) is 24.0 Å². The number of halogens is 6. The highest BCUT2D eigenvalue weighted by Crippen LogP contribution is 2.39. The van der Waals surface area contributed by atoms with Gasteiger partial charge >= 0.3 is 12.4 Å². The minimum Gasteiger partial charge on any atom is -0.388 e. The summed E-state index contributed by atoms with van der Waals surface area (Å²) in [6.07, 6.45) is -10.3. The van der Waals surface area contributed by atoms with Crippen molar-refractivity contribution >= 4 is 0 Å². The Morgan fingerprint density at radius 1 is 1.26 bits per heavy atom. The normalized spacial score (nSPS) is 24.9. The topological polar surface area (TPSA) is 66.0 Å². The zero-order valence-corrected chi connectivity index (χ0v) is 11.4. The second-order valence-corrected chi connectivity index (χ2v) is 5.53. The number of nitrogens with zero attached hydrogens (tertiary/aromatic N) is 2. The fourth-order valence-electron chi connectivity index (χ4n) is 2.51. The molecule has 0 atom stereocenters. The Morgan fingerprint density at radius 3 is 2.26 bits per heavy atom. The first-order chi connectivity index (χ1) is 10.4. The van der Waals surface area contributed by atoms with Gasteiger partial charge in [0.2, 0.25) is 0 Å². The molecule has 4 nitrogen and oxygen atoms in total. The van der Waals surface area contributed by atoms with E-state index in [2.05, 4.69) is 0 Å². The van der Waals surface area contributed by atoms with Gasteiger partial charge in [0.15, 0.2) is 0 Å². The minimum atomic E-state index is -5.25. The van der Waals surface area contributed by atoms with Gasteiger partial charge in [-0.15, -0.1) is 0 Å². The number of alkyl halides is 6. The maximum Gasteiger partial charge on any atom is 0.421 e. The van der Waals surface area contributed by atoms with Gasteiger partial charge in [0, 0.05) is 6.20 Å². The minimum absolute atomic E-state index is 0.118. The van der Waals surface area contributed by atoms with Crippen LogP contribution in [0.2, 0.25) is 0 Å². The summed E-state index contributed by atoms with van der Waals surface area (Å²) in [6, 6.07) is 1.57. The van der Waals surface area contributed by atoms with Crippen LogP contribution in [0.5, 0.6) is 0 Å². The summed E-state index contributed by atoms with van der Waals surface area (Å²) < 4.78 is 76.7. The molecule has 1 aliphatic carbocycles. The molecule has 0 radical (unpaired) electrons. The quantitative estimate of drug-likeness (QED) is 0.842. The fourth-order valence-corrected chi connectivity index (χ4v) is 2.51. The van der Waals surface area contributed by atoms with Crippen molar-refractivity contribution in [2.45, 2.75) is 37.3 Å². The van der Waals surface area contributed by atoms with Crippen molar-refractivity contribution in [2.24, 2.45) is 5.92 Å². The van der Waals surface area contributed by atoms with E-state index in [4.69, 9.17) is 5.26 Å². The van der Waals surface area contributed by atoms with E-state index in [-0.39, 0.29) is 29.7 Å². The third-order valence-corrected chi connectivity index (χ3v) is 3.62. The van der Waals surface area contributed by atoms with E-state index in [9.17, 15) is 36.2 Å². The average molecular weight is 340 g/mol. The Bertz CT molecular complexity index is 707. The standard InChI is InChI=1S/C13H10F6N2O2/c14-12(15,16)8-1-9(13(17,18)19)10(22)21(5-8)6-11(23)2-7(3-11)4-20/h1,5,7,23H,2-3,6H2. The summed E-state index contributed by atoms with van der Waals surface area (Å²) in [5.74, 6) is -0.538. The molecule has 0 saturated heterocycles. The van der Waals surface area contributed by atoms with Gasteiger partial charge in [-0.1, -0.05) is 0 Å². The molecule has 126 valence electrons. The van der Waals surface area contributed by atoms with Crippen molar-refractivity contribution in [1.82, 2.24) is 4.57 Å². The van der Waals surface area contributed by atoms with Crippen LogP contribution >= 0.6 is 0 Å². The zero-order valence-electron chi connectivity index (χ0n) is 11.4. The van der Waals surface area contributed by atoms with Crippen molar-refractivity contribution in [2.75, 3.05) is 0 Å². The summed E-state index contributed by atoms with van der Waals surface area (Å²) in [4.78, 5) is 11.8. The summed E-state index contributed by atoms with van der Waals surface area (Å²) in [5, 5.41) is 18.6. The molecule has 1 N–H and O–H groups in total. The average Bonchev–Trinajstić information content (AvgIpc) is 2.35. The molecule has 0 spiro atoms. The van der Waals surface area contributed by atoms with Crippen molar-refractivity contribution in [3.05, 3.63) is 33.7 Å². The molecule has 1 saturated carbocycles. The third-order valence-electron chi connectivity index (χ3n) is 3.62. The Balaban J connectivity index is 2.47. The predicted octanol–water partition coefficient (Wildman–Crippen LogP) is 2.55. The Labute approximate surface area is 125 Å². The van der Waals surface area contributed by atoms with E-state index < -0.39 is 47.1 Å². The number of pyridine rings is 1. The van der Waals surface area contributed by atoms with Crippen LogP contribution in [0.15, 0.2) is 17.1 Å². The Hall–Kier alpha value is -2.02. The highest BCUT2D eigenvalue weighted by atomic mass is 19.4. The van der Waals surface area contributed by atoms with Crippen LogP contribution in [0.4, 0.5) is 26.3 Å². The zero-order chi connectivity index (χ0) is 17.6. The van der Waals surface area contributed by atoms with Crippen molar-refractivity contribution in [1.29, 1.82) is 5.26 Å². The van der Waals surface area contributed by atoms with Gasteiger partial charge in [0.05, 0.1) is 29.7 Å². The lowest BCUT2D eigenvalue weighted by Gasteiger charge is -2.40. The second-order valence-electron chi connectivity index (χ2n) is 5.53. The SMILES string of the molecule is N#CC1CC(O)(Cn2cc(C(F)(F)F)cc(C(F)(F)F)c2=O)C1. The molecular formula is C13H10F6N2O2. The number of nitriles is 1. The third kappa shape index (κ3) is 3.50. The highest BCUT2D eigenvalue weighted by Gasteiger charge is 2.45. The van der Waals surface area contributed by atoms with E-state index in [0.717, 1.165) is 0 Å². The van der Waals surface area contributed by atoms with E-state index >= 15 is 0 Å². The molecule has 1 aliphatic rings. The molecule has 1 aromatic rings. The molecule has 0 unspecified atom stereocenters. The van der Waals surface area contributed by atoms with Crippen LogP contribution in [0.25, 0.3) is 0 Å². The van der Waals surface area contributed by atoms with Crippen LogP contribution in [-0.2, 0) is 18.9 Å². The summed E-state index contributed by atoms with van der Waals surface area (Å²) in [7, 11) is 0. The number of hydrogen-bond acceptors (Lipinski definition) is 3. The van der Waals surface area contributed by atoms with Crippen molar-refractivity contribution < 1.29 is 31.4 Å². The second kappa shape index (κ2) is 5.26. The molecule has 0 aliphatic heterocycles. The van der Waals surface area contributed by atoms with Gasteiger partial charge in [-0.2, -0.15) is 31.6 Å². The molecular weight excluding hydrogens is 330 g/mol. The molecule has 1 fully saturated rings. The Morgan fingerprint density at radius 2 is 1.83 bits per heavy atom. The monoisotopic (exact) mass is 340 g/mol. The molecule has 23 heavy (non-hydrogen) atoms. The smallest absolute Gasteiger partial charge is 0.388 e. The van der Waals surface area contributed by atoms with Gasteiger partial charge in [-0.3, -0.25) is 4.79 Å². The Kier molecular flexibility index (Phi) is 3.97.